The maximum Gasteiger partial charge on any atom is 0.143 e. The molecule has 0 aliphatic carbocycles. The zero-order valence-corrected chi connectivity index (χ0v) is 12.7. The normalized spacial score (nSPS) is 17.0. The van der Waals surface area contributed by atoms with Gasteiger partial charge in [0.1, 0.15) is 17.6 Å². The lowest BCUT2D eigenvalue weighted by Gasteiger charge is -2.36. The molecule has 0 radical (unpaired) electrons. The number of aromatic hydroxyl groups is 1. The number of aryl methyl sites for hydroxylation is 1. The molecule has 0 saturated heterocycles. The molecule has 0 bridgehead atoms. The Bertz CT molecular complexity index is 657. The first-order valence-corrected chi connectivity index (χ1v) is 7.57. The zero-order valence-electron chi connectivity index (χ0n) is 12.7. The summed E-state index contributed by atoms with van der Waals surface area (Å²) in [5.74, 6) is 0.970. The number of fused-ring (bicyclic) bond motifs is 1. The predicted octanol–water partition coefficient (Wildman–Crippen LogP) is 2.50. The number of anilines is 1. The third-order valence-corrected chi connectivity index (χ3v) is 3.92. The lowest BCUT2D eigenvalue weighted by atomic mass is 10.0. The van der Waals surface area contributed by atoms with Gasteiger partial charge in [-0.2, -0.15) is 0 Å². The Morgan fingerprint density at radius 3 is 2.86 bits per heavy atom. The molecule has 0 amide bonds. The van der Waals surface area contributed by atoms with Crippen molar-refractivity contribution in [3.05, 3.63) is 53.6 Å². The second kappa shape index (κ2) is 6.28. The lowest BCUT2D eigenvalue weighted by molar-refractivity contribution is 0.189. The largest absolute Gasteiger partial charge is 0.508 e. The topological polar surface area (TPSA) is 52.9 Å². The SMILES string of the molecule is Cc1cccc(CC2CN(CCO)c3cc(O)ccc3O2)c1. The number of phenols is 1. The van der Waals surface area contributed by atoms with Crippen LogP contribution in [0, 0.1) is 6.92 Å². The van der Waals surface area contributed by atoms with Crippen LogP contribution in [0.4, 0.5) is 5.69 Å². The summed E-state index contributed by atoms with van der Waals surface area (Å²) in [6.45, 7) is 3.39. The highest BCUT2D eigenvalue weighted by Crippen LogP contribution is 2.36. The van der Waals surface area contributed by atoms with Crippen LogP contribution in [0.1, 0.15) is 11.1 Å². The highest BCUT2D eigenvalue weighted by atomic mass is 16.5. The van der Waals surface area contributed by atoms with Crippen molar-refractivity contribution in [1.29, 1.82) is 0 Å². The Morgan fingerprint density at radius 2 is 2.09 bits per heavy atom. The van der Waals surface area contributed by atoms with Gasteiger partial charge in [0.15, 0.2) is 0 Å². The zero-order chi connectivity index (χ0) is 15.5. The maximum atomic E-state index is 9.66. The fraction of sp³-hybridized carbons (Fsp3) is 0.333. The van der Waals surface area contributed by atoms with Gasteiger partial charge in [0.05, 0.1) is 18.8 Å². The lowest BCUT2D eigenvalue weighted by Crippen LogP contribution is -2.42. The van der Waals surface area contributed by atoms with Crippen LogP contribution in [-0.2, 0) is 6.42 Å². The molecular formula is C18H21NO3. The molecule has 0 spiro atoms. The highest BCUT2D eigenvalue weighted by molar-refractivity contribution is 5.63. The van der Waals surface area contributed by atoms with Crippen molar-refractivity contribution in [2.24, 2.45) is 0 Å². The van der Waals surface area contributed by atoms with Crippen molar-refractivity contribution in [1.82, 2.24) is 0 Å². The number of β-amino-alcohol motifs (C(OH)–C–C–N with tert-alkyl or cyclic N) is 1. The van der Waals surface area contributed by atoms with Gasteiger partial charge in [-0.25, -0.2) is 0 Å². The van der Waals surface area contributed by atoms with E-state index in [9.17, 15) is 10.2 Å². The molecule has 4 nitrogen and oxygen atoms in total. The quantitative estimate of drug-likeness (QED) is 0.911. The van der Waals surface area contributed by atoms with E-state index < -0.39 is 0 Å². The Morgan fingerprint density at radius 1 is 1.23 bits per heavy atom. The van der Waals surface area contributed by atoms with Gasteiger partial charge in [0, 0.05) is 19.0 Å². The van der Waals surface area contributed by atoms with Crippen LogP contribution in [0.3, 0.4) is 0 Å². The van der Waals surface area contributed by atoms with Crippen molar-refractivity contribution in [2.45, 2.75) is 19.4 Å². The molecule has 0 fully saturated rings. The minimum atomic E-state index is 0.0328. The highest BCUT2D eigenvalue weighted by Gasteiger charge is 2.26. The van der Waals surface area contributed by atoms with Gasteiger partial charge in [0.2, 0.25) is 0 Å². The van der Waals surface area contributed by atoms with Gasteiger partial charge < -0.3 is 19.8 Å². The van der Waals surface area contributed by atoms with E-state index in [0.717, 1.165) is 17.9 Å². The van der Waals surface area contributed by atoms with Crippen molar-refractivity contribution in [3.8, 4) is 11.5 Å². The van der Waals surface area contributed by atoms with Crippen molar-refractivity contribution >= 4 is 5.69 Å². The number of benzene rings is 2. The monoisotopic (exact) mass is 299 g/mol. The molecule has 1 aliphatic heterocycles. The number of ether oxygens (including phenoxy) is 1. The first kappa shape index (κ1) is 14.7. The molecule has 1 aliphatic rings. The second-order valence-corrected chi connectivity index (χ2v) is 5.75. The smallest absolute Gasteiger partial charge is 0.143 e. The van der Waals surface area contributed by atoms with E-state index in [1.54, 1.807) is 18.2 Å². The molecule has 3 rings (SSSR count). The standard InChI is InChI=1S/C18H21NO3/c1-13-3-2-4-14(9-13)10-16-12-19(7-8-20)17-11-15(21)5-6-18(17)22-16/h2-6,9,11,16,20-21H,7-8,10,12H2,1H3. The van der Waals surface area contributed by atoms with E-state index in [1.165, 1.54) is 11.1 Å². The molecule has 0 aromatic heterocycles. The van der Waals surface area contributed by atoms with Crippen LogP contribution < -0.4 is 9.64 Å². The van der Waals surface area contributed by atoms with Crippen LogP contribution in [0.15, 0.2) is 42.5 Å². The Balaban J connectivity index is 1.82. The molecule has 1 heterocycles. The minimum Gasteiger partial charge on any atom is -0.508 e. The van der Waals surface area contributed by atoms with E-state index >= 15 is 0 Å². The molecule has 22 heavy (non-hydrogen) atoms. The molecule has 1 atom stereocenters. The predicted molar refractivity (Wildman–Crippen MR) is 86.7 cm³/mol. The van der Waals surface area contributed by atoms with Gasteiger partial charge >= 0.3 is 0 Å². The van der Waals surface area contributed by atoms with Crippen molar-refractivity contribution < 1.29 is 14.9 Å². The van der Waals surface area contributed by atoms with E-state index in [2.05, 4.69) is 36.1 Å². The van der Waals surface area contributed by atoms with Crippen molar-refractivity contribution in [3.63, 3.8) is 0 Å². The molecule has 0 saturated carbocycles. The summed E-state index contributed by atoms with van der Waals surface area (Å²) in [5.41, 5.74) is 3.33. The molecule has 2 aromatic rings. The molecule has 2 aromatic carbocycles. The summed E-state index contributed by atoms with van der Waals surface area (Å²) in [7, 11) is 0. The van der Waals surface area contributed by atoms with E-state index in [4.69, 9.17) is 4.74 Å². The second-order valence-electron chi connectivity index (χ2n) is 5.75. The summed E-state index contributed by atoms with van der Waals surface area (Å²) in [6.07, 6.45) is 0.856. The van der Waals surface area contributed by atoms with Crippen LogP contribution in [-0.4, -0.2) is 36.0 Å². The molecule has 2 N–H and O–H groups in total. The molecule has 1 unspecified atom stereocenters. The molecule has 116 valence electrons. The Kier molecular flexibility index (Phi) is 4.20. The first-order valence-electron chi connectivity index (χ1n) is 7.57. The number of nitrogens with zero attached hydrogens (tertiary/aromatic N) is 1. The van der Waals surface area contributed by atoms with Crippen molar-refractivity contribution in [2.75, 3.05) is 24.6 Å². The molecule has 4 heteroatoms. The number of rotatable bonds is 4. The number of aliphatic hydroxyl groups excluding tert-OH is 1. The number of phenolic OH excluding ortho intramolecular Hbond substituents is 1. The average Bonchev–Trinajstić information content (AvgIpc) is 2.48. The fourth-order valence-corrected chi connectivity index (χ4v) is 2.95. The fourth-order valence-electron chi connectivity index (χ4n) is 2.95. The van der Waals surface area contributed by atoms with Gasteiger partial charge in [-0.3, -0.25) is 0 Å². The summed E-state index contributed by atoms with van der Waals surface area (Å²) < 4.78 is 6.07. The van der Waals surface area contributed by atoms with E-state index in [-0.39, 0.29) is 18.5 Å². The maximum absolute atomic E-state index is 9.66. The van der Waals surface area contributed by atoms with Gasteiger partial charge in [0.25, 0.3) is 0 Å². The van der Waals surface area contributed by atoms with E-state index in [0.29, 0.717) is 13.1 Å². The summed E-state index contributed by atoms with van der Waals surface area (Å²) in [6, 6.07) is 13.5. The third-order valence-electron chi connectivity index (χ3n) is 3.92. The van der Waals surface area contributed by atoms with E-state index in [1.807, 2.05) is 0 Å². The summed E-state index contributed by atoms with van der Waals surface area (Å²) >= 11 is 0. The summed E-state index contributed by atoms with van der Waals surface area (Å²) in [5, 5.41) is 18.9. The number of aliphatic hydroxyl groups is 1. The van der Waals surface area contributed by atoms with Gasteiger partial charge in [-0.15, -0.1) is 0 Å². The number of hydrogen-bond acceptors (Lipinski definition) is 4. The minimum absolute atomic E-state index is 0.0328. The third kappa shape index (κ3) is 3.17. The van der Waals surface area contributed by atoms with Gasteiger partial charge in [-0.05, 0) is 24.6 Å². The average molecular weight is 299 g/mol. The van der Waals surface area contributed by atoms with Crippen LogP contribution in [0.5, 0.6) is 11.5 Å². The van der Waals surface area contributed by atoms with Crippen LogP contribution >= 0.6 is 0 Å². The number of hydrogen-bond donors (Lipinski definition) is 2. The Labute approximate surface area is 130 Å². The van der Waals surface area contributed by atoms with Crippen LogP contribution in [0.2, 0.25) is 0 Å². The summed E-state index contributed by atoms with van der Waals surface area (Å²) in [4.78, 5) is 2.07. The molecular weight excluding hydrogens is 278 g/mol. The van der Waals surface area contributed by atoms with Gasteiger partial charge in [-0.1, -0.05) is 29.8 Å². The first-order chi connectivity index (χ1) is 10.7. The Hall–Kier alpha value is -2.20. The van der Waals surface area contributed by atoms with Crippen LogP contribution in [0.25, 0.3) is 0 Å².